The van der Waals surface area contributed by atoms with Crippen LogP contribution in [0.3, 0.4) is 0 Å². The maximum atomic E-state index is 14.9. The van der Waals surface area contributed by atoms with Crippen molar-refractivity contribution in [1.29, 1.82) is 0 Å². The first kappa shape index (κ1) is 16.1. The number of rotatable bonds is 3. The third-order valence-electron chi connectivity index (χ3n) is 5.81. The number of anilines is 2. The Morgan fingerprint density at radius 3 is 2.62 bits per heavy atom. The minimum atomic E-state index is -0.123. The molecule has 1 saturated heterocycles. The molecule has 1 aromatic rings. The van der Waals surface area contributed by atoms with E-state index in [1.807, 2.05) is 0 Å². The molecule has 0 radical (unpaired) electrons. The van der Waals surface area contributed by atoms with Crippen LogP contribution in [0.5, 0.6) is 0 Å². The van der Waals surface area contributed by atoms with Gasteiger partial charge in [-0.2, -0.15) is 0 Å². The van der Waals surface area contributed by atoms with Crippen LogP contribution in [-0.2, 0) is 6.54 Å². The Balaban J connectivity index is 1.73. The molecule has 2 fully saturated rings. The highest BCUT2D eigenvalue weighted by Gasteiger charge is 2.37. The van der Waals surface area contributed by atoms with Crippen LogP contribution in [0.1, 0.15) is 37.3 Å². The van der Waals surface area contributed by atoms with Gasteiger partial charge in [0.2, 0.25) is 0 Å². The number of hydrogen-bond acceptors (Lipinski definition) is 5. The topological polar surface area (TPSA) is 61.8 Å². The minimum absolute atomic E-state index is 0.123. The van der Waals surface area contributed by atoms with E-state index in [-0.39, 0.29) is 11.9 Å². The highest BCUT2D eigenvalue weighted by atomic mass is 19.1. The summed E-state index contributed by atoms with van der Waals surface area (Å²) in [7, 11) is 0. The fourth-order valence-electron chi connectivity index (χ4n) is 4.37. The van der Waals surface area contributed by atoms with Crippen LogP contribution in [0.25, 0.3) is 0 Å². The zero-order chi connectivity index (χ0) is 17.0. The van der Waals surface area contributed by atoms with E-state index in [2.05, 4.69) is 23.6 Å². The van der Waals surface area contributed by atoms with Gasteiger partial charge in [0.25, 0.3) is 0 Å². The lowest BCUT2D eigenvalue weighted by atomic mass is 10.0. The van der Waals surface area contributed by atoms with Gasteiger partial charge in [-0.15, -0.1) is 0 Å². The summed E-state index contributed by atoms with van der Waals surface area (Å²) in [5.41, 5.74) is 10.1. The quantitative estimate of drug-likeness (QED) is 0.828. The average molecular weight is 333 g/mol. The molecule has 1 aliphatic carbocycles. The molecule has 4 rings (SSSR count). The minimum Gasteiger partial charge on any atom is -0.369 e. The number of halogens is 1. The van der Waals surface area contributed by atoms with Gasteiger partial charge in [0.05, 0.1) is 12.4 Å². The number of fused-ring (bicyclic) bond motifs is 1. The molecule has 0 spiro atoms. The molecule has 24 heavy (non-hydrogen) atoms. The second kappa shape index (κ2) is 5.86. The molecule has 1 aromatic carbocycles. The fraction of sp³-hybridized carbons (Fsp3) is 0.667. The summed E-state index contributed by atoms with van der Waals surface area (Å²) in [6.45, 7) is 7.19. The highest BCUT2D eigenvalue weighted by molar-refractivity contribution is 5.73. The Bertz CT molecular complexity index is 643. The maximum Gasteiger partial charge on any atom is 0.147 e. The molecule has 0 amide bonds. The Morgan fingerprint density at radius 2 is 2.00 bits per heavy atom. The SMILES string of the molecule is Cc1c(N2CC[C@H]([C@@H](C)N)C2)c(F)cc2c1N(C1CC1)CN(N)C2. The third-order valence-corrected chi connectivity index (χ3v) is 5.81. The summed E-state index contributed by atoms with van der Waals surface area (Å²) in [6, 6.07) is 2.41. The van der Waals surface area contributed by atoms with Crippen LogP contribution in [0.2, 0.25) is 0 Å². The van der Waals surface area contributed by atoms with Crippen molar-refractivity contribution in [2.45, 2.75) is 51.7 Å². The molecule has 5 nitrogen and oxygen atoms in total. The third kappa shape index (κ3) is 2.66. The van der Waals surface area contributed by atoms with Crippen LogP contribution in [-0.4, -0.2) is 36.9 Å². The van der Waals surface area contributed by atoms with Crippen molar-refractivity contribution in [2.24, 2.45) is 17.5 Å². The number of hydrogen-bond donors (Lipinski definition) is 2. The van der Waals surface area contributed by atoms with Gasteiger partial charge in [-0.3, -0.25) is 5.84 Å². The summed E-state index contributed by atoms with van der Waals surface area (Å²) in [5.74, 6) is 6.38. The van der Waals surface area contributed by atoms with Crippen molar-refractivity contribution in [2.75, 3.05) is 29.6 Å². The van der Waals surface area contributed by atoms with E-state index >= 15 is 0 Å². The molecular weight excluding hydrogens is 305 g/mol. The van der Waals surface area contributed by atoms with Gasteiger partial charge in [0.15, 0.2) is 0 Å². The Kier molecular flexibility index (Phi) is 3.94. The molecule has 1 saturated carbocycles. The van der Waals surface area contributed by atoms with Crippen molar-refractivity contribution >= 4 is 11.4 Å². The van der Waals surface area contributed by atoms with Crippen molar-refractivity contribution in [3.63, 3.8) is 0 Å². The van der Waals surface area contributed by atoms with Gasteiger partial charge in [-0.1, -0.05) is 0 Å². The molecular formula is C18H28FN5. The zero-order valence-corrected chi connectivity index (χ0v) is 14.6. The van der Waals surface area contributed by atoms with E-state index in [4.69, 9.17) is 11.6 Å². The Morgan fingerprint density at radius 1 is 1.25 bits per heavy atom. The molecule has 0 aromatic heterocycles. The molecule has 2 heterocycles. The van der Waals surface area contributed by atoms with Gasteiger partial charge in [-0.25, -0.2) is 9.40 Å². The van der Waals surface area contributed by atoms with Gasteiger partial charge >= 0.3 is 0 Å². The van der Waals surface area contributed by atoms with Gasteiger partial charge in [-0.05, 0) is 56.2 Å². The zero-order valence-electron chi connectivity index (χ0n) is 14.6. The summed E-state index contributed by atoms with van der Waals surface area (Å²) in [4.78, 5) is 4.56. The average Bonchev–Trinajstić information content (AvgIpc) is 3.24. The smallest absolute Gasteiger partial charge is 0.147 e. The van der Waals surface area contributed by atoms with Crippen LogP contribution >= 0.6 is 0 Å². The van der Waals surface area contributed by atoms with Gasteiger partial charge < -0.3 is 15.5 Å². The molecule has 0 unspecified atom stereocenters. The predicted molar refractivity (Wildman–Crippen MR) is 95.2 cm³/mol. The molecule has 2 aliphatic heterocycles. The number of nitrogens with zero attached hydrogens (tertiary/aromatic N) is 3. The van der Waals surface area contributed by atoms with E-state index in [9.17, 15) is 4.39 Å². The monoisotopic (exact) mass is 333 g/mol. The van der Waals surface area contributed by atoms with Crippen LogP contribution in [0.4, 0.5) is 15.8 Å². The second-order valence-electron chi connectivity index (χ2n) is 7.78. The van der Waals surface area contributed by atoms with Crippen molar-refractivity contribution in [3.05, 3.63) is 23.0 Å². The van der Waals surface area contributed by atoms with Gasteiger partial charge in [0, 0.05) is 37.4 Å². The fourth-order valence-corrected chi connectivity index (χ4v) is 4.37. The van der Waals surface area contributed by atoms with Crippen LogP contribution < -0.4 is 21.4 Å². The molecule has 2 atom stereocenters. The molecule has 0 bridgehead atoms. The normalized spacial score (nSPS) is 26.0. The summed E-state index contributed by atoms with van der Waals surface area (Å²) >= 11 is 0. The number of hydrazine groups is 1. The van der Waals surface area contributed by atoms with Gasteiger partial charge in [0.1, 0.15) is 5.82 Å². The van der Waals surface area contributed by atoms with E-state index in [1.165, 1.54) is 18.5 Å². The molecule has 6 heteroatoms. The van der Waals surface area contributed by atoms with Crippen molar-refractivity contribution in [3.8, 4) is 0 Å². The van der Waals surface area contributed by atoms with E-state index in [0.717, 1.165) is 43.0 Å². The standard InChI is InChI=1S/C18H28FN5/c1-11-17-14(9-23(21)10-24(17)15-3-4-15)7-16(19)18(11)22-6-5-13(8-22)12(2)20/h7,12-13,15H,3-6,8-10,20-21H2,1-2H3/t12-,13+/m1/s1. The number of benzene rings is 1. The van der Waals surface area contributed by atoms with Crippen molar-refractivity contribution in [1.82, 2.24) is 5.01 Å². The van der Waals surface area contributed by atoms with Crippen LogP contribution in [0.15, 0.2) is 6.07 Å². The van der Waals surface area contributed by atoms with E-state index < -0.39 is 0 Å². The second-order valence-corrected chi connectivity index (χ2v) is 7.78. The first-order valence-corrected chi connectivity index (χ1v) is 9.04. The summed E-state index contributed by atoms with van der Waals surface area (Å²) in [5, 5.41) is 1.78. The lowest BCUT2D eigenvalue weighted by Crippen LogP contribution is -2.47. The first-order valence-electron chi connectivity index (χ1n) is 9.04. The first-order chi connectivity index (χ1) is 11.5. The summed E-state index contributed by atoms with van der Waals surface area (Å²) in [6.07, 6.45) is 3.45. The van der Waals surface area contributed by atoms with E-state index in [0.29, 0.717) is 18.5 Å². The Hall–Kier alpha value is -1.37. The summed E-state index contributed by atoms with van der Waals surface area (Å²) < 4.78 is 14.9. The van der Waals surface area contributed by atoms with Crippen LogP contribution in [0, 0.1) is 18.7 Å². The number of nitrogens with two attached hydrogens (primary N) is 2. The highest BCUT2D eigenvalue weighted by Crippen LogP contribution is 2.43. The molecule has 132 valence electrons. The Labute approximate surface area is 143 Å². The molecule has 3 aliphatic rings. The van der Waals surface area contributed by atoms with E-state index in [1.54, 1.807) is 11.1 Å². The lowest BCUT2D eigenvalue weighted by Gasteiger charge is -2.39. The maximum absolute atomic E-state index is 14.9. The molecule has 4 N–H and O–H groups in total. The lowest BCUT2D eigenvalue weighted by molar-refractivity contribution is 0.258. The van der Waals surface area contributed by atoms with Crippen molar-refractivity contribution < 1.29 is 4.39 Å². The predicted octanol–water partition coefficient (Wildman–Crippen LogP) is 1.92. The largest absolute Gasteiger partial charge is 0.369 e.